The average Bonchev–Trinajstić information content (AvgIpc) is 2.50. The second kappa shape index (κ2) is 9.35. The summed E-state index contributed by atoms with van der Waals surface area (Å²) in [6, 6.07) is 15.3. The van der Waals surface area contributed by atoms with Crippen LogP contribution in [-0.2, 0) is 6.61 Å². The van der Waals surface area contributed by atoms with Crippen LogP contribution in [0.5, 0.6) is 11.5 Å². The maximum absolute atomic E-state index is 8.65. The molecule has 2 aromatic carbocycles. The summed E-state index contributed by atoms with van der Waals surface area (Å²) < 4.78 is 10.7. The summed E-state index contributed by atoms with van der Waals surface area (Å²) in [7, 11) is -0.532. The summed E-state index contributed by atoms with van der Waals surface area (Å²) in [5, 5.41) is 0. The zero-order valence-electron chi connectivity index (χ0n) is 12.1. The monoisotopic (exact) mass is 292 g/mol. The lowest BCUT2D eigenvalue weighted by Gasteiger charge is -2.09. The molecule has 1 unspecified atom stereocenters. The Morgan fingerprint density at radius 1 is 0.950 bits per heavy atom. The highest BCUT2D eigenvalue weighted by Crippen LogP contribution is 2.22. The molecule has 0 saturated carbocycles. The Balaban J connectivity index is 0.000000956. The van der Waals surface area contributed by atoms with E-state index in [9.17, 15) is 0 Å². The van der Waals surface area contributed by atoms with Crippen LogP contribution >= 0.6 is 9.03 Å². The maximum Gasteiger partial charge on any atom is 0.212 e. The van der Waals surface area contributed by atoms with Crippen molar-refractivity contribution in [2.24, 2.45) is 0 Å². The molecule has 4 heteroatoms. The third kappa shape index (κ3) is 5.20. The van der Waals surface area contributed by atoms with Gasteiger partial charge in [-0.25, -0.2) is 0 Å². The minimum atomic E-state index is -0.532. The zero-order valence-corrected chi connectivity index (χ0v) is 13.1. The molecule has 0 saturated heterocycles. The average molecular weight is 292 g/mol. The highest BCUT2D eigenvalue weighted by molar-refractivity contribution is 7.25. The van der Waals surface area contributed by atoms with E-state index in [1.165, 1.54) is 11.1 Å². The molecular weight excluding hydrogens is 271 g/mol. The van der Waals surface area contributed by atoms with Gasteiger partial charge in [-0.2, -0.15) is 0 Å². The van der Waals surface area contributed by atoms with Crippen molar-refractivity contribution in [3.05, 3.63) is 59.7 Å². The van der Waals surface area contributed by atoms with Gasteiger partial charge in [0.05, 0.1) is 0 Å². The van der Waals surface area contributed by atoms with Crippen molar-refractivity contribution in [3.8, 4) is 11.5 Å². The molecule has 2 rings (SSSR count). The van der Waals surface area contributed by atoms with Crippen molar-refractivity contribution >= 4 is 9.03 Å². The molecule has 0 fully saturated rings. The number of ether oxygens (including phenoxy) is 1. The maximum atomic E-state index is 8.65. The van der Waals surface area contributed by atoms with Crippen molar-refractivity contribution in [3.63, 3.8) is 0 Å². The lowest BCUT2D eigenvalue weighted by molar-refractivity contribution is 0.305. The summed E-state index contributed by atoms with van der Waals surface area (Å²) in [5.74, 6) is 1.42. The van der Waals surface area contributed by atoms with Gasteiger partial charge in [0, 0.05) is 0 Å². The van der Waals surface area contributed by atoms with Crippen LogP contribution in [0.3, 0.4) is 0 Å². The van der Waals surface area contributed by atoms with E-state index in [1.54, 1.807) is 12.1 Å². The van der Waals surface area contributed by atoms with Crippen LogP contribution in [0.4, 0.5) is 0 Å². The van der Waals surface area contributed by atoms with Gasteiger partial charge in [-0.05, 0) is 42.3 Å². The van der Waals surface area contributed by atoms with Crippen LogP contribution in [0.2, 0.25) is 0 Å². The summed E-state index contributed by atoms with van der Waals surface area (Å²) in [6.07, 6.45) is 0. The molecule has 0 aliphatic rings. The van der Waals surface area contributed by atoms with Crippen molar-refractivity contribution < 1.29 is 14.2 Å². The number of rotatable bonds is 5. The Morgan fingerprint density at radius 3 is 2.15 bits per heavy atom. The van der Waals surface area contributed by atoms with Crippen molar-refractivity contribution in [2.45, 2.75) is 27.4 Å². The largest absolute Gasteiger partial charge is 0.489 e. The molecule has 1 atom stereocenters. The SMILES string of the molecule is CC.Cc1ccccc1COc1ccc(OPO)cc1. The first-order chi connectivity index (χ1) is 9.79. The molecule has 0 aliphatic carbocycles. The van der Waals surface area contributed by atoms with Gasteiger partial charge >= 0.3 is 0 Å². The standard InChI is InChI=1S/C14H15O3P.C2H6/c1-11-4-2-3-5-12(11)10-16-13-6-8-14(9-7-13)17-18-15;1-2/h2-9,15,18H,10H2,1H3;1-2H3. The fraction of sp³-hybridized carbons (Fsp3) is 0.250. The van der Waals surface area contributed by atoms with Gasteiger partial charge in [0.25, 0.3) is 0 Å². The molecule has 20 heavy (non-hydrogen) atoms. The predicted octanol–water partition coefficient (Wildman–Crippen LogP) is 4.48. The van der Waals surface area contributed by atoms with Gasteiger partial charge in [0.15, 0.2) is 0 Å². The summed E-state index contributed by atoms with van der Waals surface area (Å²) in [4.78, 5) is 8.65. The fourth-order valence-electron chi connectivity index (χ4n) is 1.59. The van der Waals surface area contributed by atoms with E-state index < -0.39 is 9.03 Å². The third-order valence-corrected chi connectivity index (χ3v) is 2.97. The Labute approximate surface area is 122 Å². The van der Waals surface area contributed by atoms with Gasteiger partial charge < -0.3 is 14.2 Å². The van der Waals surface area contributed by atoms with Gasteiger partial charge in [-0.15, -0.1) is 0 Å². The Bertz CT molecular complexity index is 497. The third-order valence-electron chi connectivity index (χ3n) is 2.64. The molecule has 2 aromatic rings. The van der Waals surface area contributed by atoms with Crippen LogP contribution < -0.4 is 9.26 Å². The Morgan fingerprint density at radius 2 is 1.55 bits per heavy atom. The lowest BCUT2D eigenvalue weighted by atomic mass is 10.1. The van der Waals surface area contributed by atoms with Gasteiger partial charge in [-0.3, -0.25) is 0 Å². The Kier molecular flexibility index (Phi) is 7.71. The van der Waals surface area contributed by atoms with Gasteiger partial charge in [0.2, 0.25) is 9.03 Å². The summed E-state index contributed by atoms with van der Waals surface area (Å²) in [6.45, 7) is 6.62. The molecule has 0 aromatic heterocycles. The van der Waals surface area contributed by atoms with Crippen molar-refractivity contribution in [2.75, 3.05) is 0 Å². The van der Waals surface area contributed by atoms with Crippen LogP contribution in [0.15, 0.2) is 48.5 Å². The predicted molar refractivity (Wildman–Crippen MR) is 84.5 cm³/mol. The van der Waals surface area contributed by atoms with E-state index in [4.69, 9.17) is 14.2 Å². The second-order valence-electron chi connectivity index (χ2n) is 3.88. The van der Waals surface area contributed by atoms with Crippen molar-refractivity contribution in [1.82, 2.24) is 0 Å². The second-order valence-corrected chi connectivity index (χ2v) is 4.27. The van der Waals surface area contributed by atoms with E-state index in [1.807, 2.05) is 38.1 Å². The van der Waals surface area contributed by atoms with Crippen molar-refractivity contribution in [1.29, 1.82) is 0 Å². The quantitative estimate of drug-likeness (QED) is 0.826. The molecule has 0 spiro atoms. The number of aryl methyl sites for hydroxylation is 1. The number of hydrogen-bond acceptors (Lipinski definition) is 3. The Hall–Kier alpha value is -1.57. The smallest absolute Gasteiger partial charge is 0.212 e. The minimum Gasteiger partial charge on any atom is -0.489 e. The summed E-state index contributed by atoms with van der Waals surface area (Å²) in [5.41, 5.74) is 2.40. The number of hydrogen-bond donors (Lipinski definition) is 1. The first kappa shape index (κ1) is 16.5. The van der Waals surface area contributed by atoms with E-state index in [0.29, 0.717) is 12.4 Å². The van der Waals surface area contributed by atoms with Crippen LogP contribution in [-0.4, -0.2) is 4.89 Å². The molecule has 0 bridgehead atoms. The van der Waals surface area contributed by atoms with E-state index in [-0.39, 0.29) is 0 Å². The van der Waals surface area contributed by atoms with Crippen LogP contribution in [0, 0.1) is 6.92 Å². The molecule has 0 aliphatic heterocycles. The highest BCUT2D eigenvalue weighted by Gasteiger charge is 1.99. The molecule has 3 nitrogen and oxygen atoms in total. The van der Waals surface area contributed by atoms with E-state index >= 15 is 0 Å². The molecule has 0 heterocycles. The first-order valence-corrected chi connectivity index (χ1v) is 7.48. The molecule has 1 N–H and O–H groups in total. The molecular formula is C16H21O3P. The lowest BCUT2D eigenvalue weighted by Crippen LogP contribution is -1.97. The summed E-state index contributed by atoms with van der Waals surface area (Å²) >= 11 is 0. The normalized spacial score (nSPS) is 10.0. The minimum absolute atomic E-state index is 0.532. The molecule has 0 amide bonds. The molecule has 108 valence electrons. The van der Waals surface area contributed by atoms with E-state index in [2.05, 4.69) is 19.1 Å². The number of benzene rings is 2. The zero-order chi connectivity index (χ0) is 14.8. The van der Waals surface area contributed by atoms with E-state index in [0.717, 1.165) is 5.75 Å². The van der Waals surface area contributed by atoms with Crippen LogP contribution in [0.1, 0.15) is 25.0 Å². The van der Waals surface area contributed by atoms with Crippen LogP contribution in [0.25, 0.3) is 0 Å². The van der Waals surface area contributed by atoms with Gasteiger partial charge in [-0.1, -0.05) is 38.1 Å². The van der Waals surface area contributed by atoms with Gasteiger partial charge in [0.1, 0.15) is 18.1 Å². The first-order valence-electron chi connectivity index (χ1n) is 6.63. The highest BCUT2D eigenvalue weighted by atomic mass is 31.1. The molecule has 0 radical (unpaired) electrons. The topological polar surface area (TPSA) is 38.7 Å². The fourth-order valence-corrected chi connectivity index (χ4v) is 1.83.